The predicted molar refractivity (Wildman–Crippen MR) is 136 cm³/mol. The maximum atomic E-state index is 12.8. The van der Waals surface area contributed by atoms with Crippen LogP contribution in [0.4, 0.5) is 0 Å². The van der Waals surface area contributed by atoms with Crippen LogP contribution in [0, 0.1) is 13.8 Å². The number of carbonyl (C=O) groups excluding carboxylic acids is 2. The smallest absolute Gasteiger partial charge is 0.285 e. The number of benzene rings is 3. The molecule has 3 aromatic rings. The molecule has 0 aliphatic carbocycles. The lowest BCUT2D eigenvalue weighted by atomic mass is 10.1. The molecule has 3 aromatic carbocycles. The average Bonchev–Trinajstić information content (AvgIpc) is 3.07. The molecule has 1 N–H and O–H groups in total. The van der Waals surface area contributed by atoms with Crippen molar-refractivity contribution in [2.24, 2.45) is 0 Å². The van der Waals surface area contributed by atoms with Crippen LogP contribution in [-0.2, 0) is 11.4 Å². The van der Waals surface area contributed by atoms with Crippen LogP contribution in [0.2, 0.25) is 0 Å². The molecular weight excluding hydrogens is 452 g/mol. The third-order valence-corrected chi connectivity index (χ3v) is 6.40. The first-order valence-corrected chi connectivity index (χ1v) is 11.6. The van der Waals surface area contributed by atoms with Crippen molar-refractivity contribution in [3.05, 3.63) is 106 Å². The number of rotatable bonds is 6. The van der Waals surface area contributed by atoms with Gasteiger partial charge in [-0.2, -0.15) is 5.01 Å². The molecule has 1 fully saturated rings. The number of ether oxygens (including phenoxy) is 1. The molecule has 0 bridgehead atoms. The zero-order chi connectivity index (χ0) is 23.4. The van der Waals surface area contributed by atoms with E-state index in [0.29, 0.717) is 17.1 Å². The highest BCUT2D eigenvalue weighted by Gasteiger charge is 2.33. The van der Waals surface area contributed by atoms with Gasteiger partial charge in [0.15, 0.2) is 4.32 Å². The van der Waals surface area contributed by atoms with Crippen LogP contribution in [0.1, 0.15) is 32.6 Å². The number of hydrogen-bond donors (Lipinski definition) is 1. The van der Waals surface area contributed by atoms with Crippen molar-refractivity contribution < 1.29 is 14.3 Å². The standard InChI is InChI=1S/C26H22N2O3S2/c1-17-7-9-20(10-8-17)16-31-21-13-11-19(12-14-21)15-23-25(30)28(26(32)33-23)27-24(29)22-6-4-3-5-18(22)2/h3-15H,16H2,1-2H3,(H,27,29)/b23-15-. The fraction of sp³-hybridized carbons (Fsp3) is 0.115. The summed E-state index contributed by atoms with van der Waals surface area (Å²) >= 11 is 6.47. The minimum atomic E-state index is -0.374. The van der Waals surface area contributed by atoms with E-state index in [2.05, 4.69) is 24.5 Å². The second kappa shape index (κ2) is 10.0. The summed E-state index contributed by atoms with van der Waals surface area (Å²) in [5.41, 5.74) is 7.08. The second-order valence-electron chi connectivity index (χ2n) is 7.62. The third-order valence-electron chi connectivity index (χ3n) is 5.10. The number of carbonyl (C=O) groups is 2. The minimum absolute atomic E-state index is 0.284. The molecule has 2 amide bonds. The Balaban J connectivity index is 1.40. The molecule has 0 atom stereocenters. The van der Waals surface area contributed by atoms with Gasteiger partial charge in [-0.15, -0.1) is 0 Å². The number of hydrazine groups is 1. The predicted octanol–water partition coefficient (Wildman–Crippen LogP) is 5.43. The summed E-state index contributed by atoms with van der Waals surface area (Å²) in [4.78, 5) is 25.9. The van der Waals surface area contributed by atoms with Crippen LogP contribution in [0.5, 0.6) is 5.75 Å². The Morgan fingerprint density at radius 1 is 1.03 bits per heavy atom. The van der Waals surface area contributed by atoms with Crippen LogP contribution in [0.25, 0.3) is 6.08 Å². The highest BCUT2D eigenvalue weighted by atomic mass is 32.2. The van der Waals surface area contributed by atoms with Gasteiger partial charge in [-0.05, 0) is 67.0 Å². The van der Waals surface area contributed by atoms with Crippen LogP contribution in [0.3, 0.4) is 0 Å². The Hall–Kier alpha value is -3.42. The van der Waals surface area contributed by atoms with Gasteiger partial charge in [0.2, 0.25) is 0 Å². The SMILES string of the molecule is Cc1ccc(COc2ccc(/C=C3\SC(=S)N(NC(=O)c4ccccc4C)C3=O)cc2)cc1. The lowest BCUT2D eigenvalue weighted by Gasteiger charge is -2.16. The molecule has 1 heterocycles. The first-order valence-electron chi connectivity index (χ1n) is 10.3. The molecule has 7 heteroatoms. The zero-order valence-corrected chi connectivity index (χ0v) is 19.8. The van der Waals surface area contributed by atoms with Crippen LogP contribution in [-0.4, -0.2) is 21.1 Å². The normalized spacial score (nSPS) is 14.6. The van der Waals surface area contributed by atoms with Gasteiger partial charge < -0.3 is 4.74 Å². The fourth-order valence-corrected chi connectivity index (χ4v) is 4.40. The number of aryl methyl sites for hydroxylation is 2. The fourth-order valence-electron chi connectivity index (χ4n) is 3.22. The highest BCUT2D eigenvalue weighted by Crippen LogP contribution is 2.32. The van der Waals surface area contributed by atoms with Crippen LogP contribution >= 0.6 is 24.0 Å². The van der Waals surface area contributed by atoms with Crippen molar-refractivity contribution in [2.45, 2.75) is 20.5 Å². The van der Waals surface area contributed by atoms with E-state index in [-0.39, 0.29) is 16.1 Å². The van der Waals surface area contributed by atoms with Crippen molar-refractivity contribution in [1.82, 2.24) is 10.4 Å². The minimum Gasteiger partial charge on any atom is -0.489 e. The second-order valence-corrected chi connectivity index (χ2v) is 9.29. The van der Waals surface area contributed by atoms with Gasteiger partial charge >= 0.3 is 0 Å². The first-order chi connectivity index (χ1) is 15.9. The Kier molecular flexibility index (Phi) is 6.91. The summed E-state index contributed by atoms with van der Waals surface area (Å²) < 4.78 is 6.12. The highest BCUT2D eigenvalue weighted by molar-refractivity contribution is 8.26. The summed E-state index contributed by atoms with van der Waals surface area (Å²) in [7, 11) is 0. The third kappa shape index (κ3) is 5.50. The Labute approximate surface area is 202 Å². The summed E-state index contributed by atoms with van der Waals surface area (Å²) in [6.07, 6.45) is 1.75. The van der Waals surface area contributed by atoms with Crippen LogP contribution in [0.15, 0.2) is 77.7 Å². The number of amides is 2. The molecule has 0 aromatic heterocycles. The van der Waals surface area contributed by atoms with Gasteiger partial charge in [-0.3, -0.25) is 15.0 Å². The molecule has 0 spiro atoms. The Bertz CT molecular complexity index is 1240. The van der Waals surface area contributed by atoms with E-state index in [0.717, 1.165) is 39.2 Å². The summed E-state index contributed by atoms with van der Waals surface area (Å²) in [5, 5.41) is 1.12. The average molecular weight is 475 g/mol. The Morgan fingerprint density at radius 3 is 2.42 bits per heavy atom. The van der Waals surface area contributed by atoms with E-state index in [1.54, 1.807) is 18.2 Å². The quantitative estimate of drug-likeness (QED) is 0.381. The van der Waals surface area contributed by atoms with Gasteiger partial charge in [0.05, 0.1) is 4.91 Å². The Morgan fingerprint density at radius 2 is 1.73 bits per heavy atom. The van der Waals surface area contributed by atoms with E-state index in [1.807, 2.05) is 55.5 Å². The lowest BCUT2D eigenvalue weighted by molar-refractivity contribution is -0.123. The summed E-state index contributed by atoms with van der Waals surface area (Å²) in [6, 6.07) is 22.9. The molecule has 166 valence electrons. The van der Waals surface area contributed by atoms with Crippen molar-refractivity contribution in [1.29, 1.82) is 0 Å². The molecular formula is C26H22N2O3S2. The molecule has 0 radical (unpaired) electrons. The first kappa shape index (κ1) is 22.8. The van der Waals surface area contributed by atoms with Crippen molar-refractivity contribution in [3.8, 4) is 5.75 Å². The van der Waals surface area contributed by atoms with E-state index < -0.39 is 0 Å². The zero-order valence-electron chi connectivity index (χ0n) is 18.2. The number of nitrogens with zero attached hydrogens (tertiary/aromatic N) is 1. The lowest BCUT2D eigenvalue weighted by Crippen LogP contribution is -2.45. The van der Waals surface area contributed by atoms with E-state index in [9.17, 15) is 9.59 Å². The molecule has 0 unspecified atom stereocenters. The van der Waals surface area contributed by atoms with Gasteiger partial charge in [0.25, 0.3) is 11.8 Å². The van der Waals surface area contributed by atoms with E-state index in [1.165, 1.54) is 5.56 Å². The van der Waals surface area contributed by atoms with Gasteiger partial charge in [0, 0.05) is 5.56 Å². The van der Waals surface area contributed by atoms with Crippen molar-refractivity contribution in [3.63, 3.8) is 0 Å². The maximum Gasteiger partial charge on any atom is 0.285 e. The molecule has 1 aliphatic heterocycles. The monoisotopic (exact) mass is 474 g/mol. The molecule has 4 rings (SSSR count). The van der Waals surface area contributed by atoms with Gasteiger partial charge in [-0.1, -0.05) is 71.9 Å². The maximum absolute atomic E-state index is 12.8. The van der Waals surface area contributed by atoms with E-state index in [4.69, 9.17) is 17.0 Å². The number of thioether (sulfide) groups is 1. The molecule has 1 saturated heterocycles. The molecule has 0 saturated carbocycles. The van der Waals surface area contributed by atoms with Crippen molar-refractivity contribution >= 4 is 46.2 Å². The van der Waals surface area contributed by atoms with Crippen LogP contribution < -0.4 is 10.2 Å². The van der Waals surface area contributed by atoms with Crippen molar-refractivity contribution in [2.75, 3.05) is 0 Å². The molecule has 5 nitrogen and oxygen atoms in total. The van der Waals surface area contributed by atoms with Gasteiger partial charge in [-0.25, -0.2) is 0 Å². The largest absolute Gasteiger partial charge is 0.489 e. The molecule has 1 aliphatic rings. The van der Waals surface area contributed by atoms with E-state index >= 15 is 0 Å². The number of nitrogens with one attached hydrogen (secondary N) is 1. The van der Waals surface area contributed by atoms with Gasteiger partial charge in [0.1, 0.15) is 12.4 Å². The number of hydrogen-bond acceptors (Lipinski definition) is 5. The molecule has 33 heavy (non-hydrogen) atoms. The summed E-state index contributed by atoms with van der Waals surface area (Å²) in [5.74, 6) is 0.0122. The topological polar surface area (TPSA) is 58.6 Å². The summed E-state index contributed by atoms with van der Waals surface area (Å²) in [6.45, 7) is 4.38. The number of thiocarbonyl (C=S) groups is 1.